The van der Waals surface area contributed by atoms with Crippen LogP contribution in [0.3, 0.4) is 0 Å². The van der Waals surface area contributed by atoms with Gasteiger partial charge in [0.2, 0.25) is 0 Å². The molecule has 1 amide bonds. The summed E-state index contributed by atoms with van der Waals surface area (Å²) < 4.78 is 5.30. The van der Waals surface area contributed by atoms with Gasteiger partial charge in [-0.05, 0) is 31.4 Å². The summed E-state index contributed by atoms with van der Waals surface area (Å²) in [6.45, 7) is 0. The largest absolute Gasteiger partial charge is 0.360 e. The minimum absolute atomic E-state index is 0.210. The van der Waals surface area contributed by atoms with Crippen molar-refractivity contribution >= 4 is 11.6 Å². The van der Waals surface area contributed by atoms with Gasteiger partial charge in [-0.2, -0.15) is 0 Å². The highest BCUT2D eigenvalue weighted by Gasteiger charge is 2.22. The zero-order valence-corrected chi connectivity index (χ0v) is 10.6. The van der Waals surface area contributed by atoms with E-state index in [0.717, 1.165) is 37.0 Å². The lowest BCUT2D eigenvalue weighted by Crippen LogP contribution is -2.14. The van der Waals surface area contributed by atoms with Gasteiger partial charge in [-0.3, -0.25) is 9.78 Å². The van der Waals surface area contributed by atoms with Crippen molar-refractivity contribution in [1.29, 1.82) is 0 Å². The molecule has 0 saturated carbocycles. The van der Waals surface area contributed by atoms with Crippen LogP contribution in [0.4, 0.5) is 5.69 Å². The first-order valence-electron chi connectivity index (χ1n) is 6.53. The zero-order chi connectivity index (χ0) is 13.1. The highest BCUT2D eigenvalue weighted by molar-refractivity contribution is 6.03. The van der Waals surface area contributed by atoms with Crippen molar-refractivity contribution in [1.82, 2.24) is 10.1 Å². The molecule has 5 heteroatoms. The molecule has 1 aliphatic rings. The number of aryl methyl sites for hydroxylation is 1. The van der Waals surface area contributed by atoms with Gasteiger partial charge in [0.1, 0.15) is 5.76 Å². The van der Waals surface area contributed by atoms with E-state index >= 15 is 0 Å². The maximum atomic E-state index is 12.2. The number of nitrogens with zero attached hydrogens (tertiary/aromatic N) is 2. The molecule has 0 bridgehead atoms. The van der Waals surface area contributed by atoms with E-state index in [-0.39, 0.29) is 5.91 Å². The Kier molecular flexibility index (Phi) is 3.27. The van der Waals surface area contributed by atoms with Crippen molar-refractivity contribution in [3.05, 3.63) is 41.5 Å². The molecule has 5 nitrogen and oxygen atoms in total. The lowest BCUT2D eigenvalue weighted by Gasteiger charge is -2.03. The summed E-state index contributed by atoms with van der Waals surface area (Å²) in [7, 11) is 0. The Morgan fingerprint density at radius 1 is 1.16 bits per heavy atom. The molecule has 0 aliphatic heterocycles. The summed E-state index contributed by atoms with van der Waals surface area (Å²) in [5.41, 5.74) is 2.11. The van der Waals surface area contributed by atoms with Crippen LogP contribution in [0.5, 0.6) is 0 Å². The van der Waals surface area contributed by atoms with Gasteiger partial charge in [0, 0.05) is 30.1 Å². The second-order valence-corrected chi connectivity index (χ2v) is 4.68. The van der Waals surface area contributed by atoms with E-state index in [9.17, 15) is 4.79 Å². The zero-order valence-electron chi connectivity index (χ0n) is 10.6. The maximum Gasteiger partial charge on any atom is 0.278 e. The molecule has 0 saturated heterocycles. The van der Waals surface area contributed by atoms with E-state index in [1.54, 1.807) is 24.5 Å². The van der Waals surface area contributed by atoms with E-state index in [4.69, 9.17) is 4.52 Å². The number of anilines is 1. The Labute approximate surface area is 111 Å². The minimum atomic E-state index is -0.210. The highest BCUT2D eigenvalue weighted by atomic mass is 16.5. The smallest absolute Gasteiger partial charge is 0.278 e. The predicted octanol–water partition coefficient (Wildman–Crippen LogP) is 2.59. The van der Waals surface area contributed by atoms with Crippen LogP contribution in [-0.2, 0) is 12.8 Å². The van der Waals surface area contributed by atoms with Gasteiger partial charge in [0.25, 0.3) is 5.91 Å². The molecule has 0 fully saturated rings. The Morgan fingerprint density at radius 3 is 2.79 bits per heavy atom. The van der Waals surface area contributed by atoms with Gasteiger partial charge >= 0.3 is 0 Å². The van der Waals surface area contributed by atoms with Gasteiger partial charge in [0.15, 0.2) is 5.69 Å². The summed E-state index contributed by atoms with van der Waals surface area (Å²) in [4.78, 5) is 16.1. The number of nitrogens with one attached hydrogen (secondary N) is 1. The third kappa shape index (κ3) is 2.50. The molecule has 0 radical (unpaired) electrons. The number of fused-ring (bicyclic) bond motifs is 1. The van der Waals surface area contributed by atoms with Crippen LogP contribution in [0.2, 0.25) is 0 Å². The lowest BCUT2D eigenvalue weighted by atomic mass is 10.1. The Morgan fingerprint density at radius 2 is 1.95 bits per heavy atom. The Bertz CT molecular complexity index is 578. The molecule has 1 N–H and O–H groups in total. The average molecular weight is 257 g/mol. The predicted molar refractivity (Wildman–Crippen MR) is 70.0 cm³/mol. The molecule has 1 aliphatic carbocycles. The lowest BCUT2D eigenvalue weighted by molar-refractivity contribution is 0.101. The van der Waals surface area contributed by atoms with E-state index in [1.807, 2.05) is 0 Å². The van der Waals surface area contributed by atoms with Gasteiger partial charge in [-0.1, -0.05) is 11.6 Å². The number of carbonyl (C=O) groups excluding carboxylic acids is 1. The summed E-state index contributed by atoms with van der Waals surface area (Å²) in [5, 5.41) is 6.75. The van der Waals surface area contributed by atoms with E-state index < -0.39 is 0 Å². The molecule has 0 spiro atoms. The molecule has 98 valence electrons. The normalized spacial score (nSPS) is 14.5. The van der Waals surface area contributed by atoms with Gasteiger partial charge < -0.3 is 9.84 Å². The number of hydrogen-bond donors (Lipinski definition) is 1. The van der Waals surface area contributed by atoms with Crippen LogP contribution in [0.15, 0.2) is 29.0 Å². The first-order chi connectivity index (χ1) is 9.34. The molecule has 3 rings (SSSR count). The van der Waals surface area contributed by atoms with Gasteiger partial charge in [0.05, 0.1) is 0 Å². The van der Waals surface area contributed by atoms with Crippen molar-refractivity contribution in [2.24, 2.45) is 0 Å². The first-order valence-corrected chi connectivity index (χ1v) is 6.53. The first kappa shape index (κ1) is 11.9. The standard InChI is InChI=1S/C14H15N3O2/c18-14(16-10-6-8-15-9-7-10)13-11-4-2-1-3-5-12(11)19-17-13/h6-9H,1-5H2,(H,15,16,18). The summed E-state index contributed by atoms with van der Waals surface area (Å²) in [6, 6.07) is 3.49. The quantitative estimate of drug-likeness (QED) is 0.840. The molecule has 0 aromatic carbocycles. The number of rotatable bonds is 2. The van der Waals surface area contributed by atoms with Crippen LogP contribution in [-0.4, -0.2) is 16.0 Å². The molecule has 0 atom stereocenters. The van der Waals surface area contributed by atoms with Crippen LogP contribution in [0, 0.1) is 0 Å². The molecule has 2 aromatic rings. The Hall–Kier alpha value is -2.17. The van der Waals surface area contributed by atoms with Gasteiger partial charge in [-0.25, -0.2) is 0 Å². The highest BCUT2D eigenvalue weighted by Crippen LogP contribution is 2.24. The SMILES string of the molecule is O=C(Nc1ccncc1)c1noc2c1CCCCC2. The van der Waals surface area contributed by atoms with Crippen LogP contribution >= 0.6 is 0 Å². The molecule has 2 heterocycles. The third-order valence-corrected chi connectivity index (χ3v) is 3.35. The fraction of sp³-hybridized carbons (Fsp3) is 0.357. The monoisotopic (exact) mass is 257 g/mol. The fourth-order valence-corrected chi connectivity index (χ4v) is 2.37. The number of aromatic nitrogens is 2. The number of hydrogen-bond acceptors (Lipinski definition) is 4. The molecular formula is C14H15N3O2. The third-order valence-electron chi connectivity index (χ3n) is 3.35. The van der Waals surface area contributed by atoms with Crippen LogP contribution in [0.1, 0.15) is 41.1 Å². The molecule has 0 unspecified atom stereocenters. The summed E-state index contributed by atoms with van der Waals surface area (Å²) >= 11 is 0. The van der Waals surface area contributed by atoms with Crippen molar-refractivity contribution in [3.8, 4) is 0 Å². The van der Waals surface area contributed by atoms with Crippen molar-refractivity contribution < 1.29 is 9.32 Å². The second kappa shape index (κ2) is 5.22. The second-order valence-electron chi connectivity index (χ2n) is 4.68. The van der Waals surface area contributed by atoms with E-state index in [1.165, 1.54) is 6.42 Å². The fourth-order valence-electron chi connectivity index (χ4n) is 2.37. The van der Waals surface area contributed by atoms with E-state index in [2.05, 4.69) is 15.5 Å². The molecule has 2 aromatic heterocycles. The summed E-state index contributed by atoms with van der Waals surface area (Å²) in [6.07, 6.45) is 8.40. The average Bonchev–Trinajstić information content (AvgIpc) is 2.69. The summed E-state index contributed by atoms with van der Waals surface area (Å²) in [5.74, 6) is 0.662. The van der Waals surface area contributed by atoms with Gasteiger partial charge in [-0.15, -0.1) is 0 Å². The molecular weight excluding hydrogens is 242 g/mol. The van der Waals surface area contributed by atoms with Crippen LogP contribution in [0.25, 0.3) is 0 Å². The van der Waals surface area contributed by atoms with Crippen molar-refractivity contribution in [3.63, 3.8) is 0 Å². The number of carbonyl (C=O) groups is 1. The molecule has 19 heavy (non-hydrogen) atoms. The van der Waals surface area contributed by atoms with Crippen molar-refractivity contribution in [2.45, 2.75) is 32.1 Å². The Balaban J connectivity index is 1.82. The minimum Gasteiger partial charge on any atom is -0.360 e. The maximum absolute atomic E-state index is 12.2. The van der Waals surface area contributed by atoms with Crippen molar-refractivity contribution in [2.75, 3.05) is 5.32 Å². The van der Waals surface area contributed by atoms with E-state index in [0.29, 0.717) is 11.4 Å². The number of pyridine rings is 1. The van der Waals surface area contributed by atoms with Crippen LogP contribution < -0.4 is 5.32 Å². The number of amides is 1. The topological polar surface area (TPSA) is 68.0 Å².